The summed E-state index contributed by atoms with van der Waals surface area (Å²) in [5, 5.41) is 19.1. The summed E-state index contributed by atoms with van der Waals surface area (Å²) in [4.78, 5) is 3.87. The molecule has 17 heavy (non-hydrogen) atoms. The molecule has 1 aromatic heterocycles. The van der Waals surface area contributed by atoms with Gasteiger partial charge in [0.1, 0.15) is 24.2 Å². The highest BCUT2D eigenvalue weighted by Gasteiger charge is 2.07. The molecular weight excluding hydrogens is 218 g/mol. The first-order valence-corrected chi connectivity index (χ1v) is 5.25. The summed E-state index contributed by atoms with van der Waals surface area (Å²) in [5.41, 5.74) is 0.750. The number of hydrogen-bond donors (Lipinski definition) is 2. The minimum absolute atomic E-state index is 0.132. The molecular formula is C13H13NO3. The number of nitrogens with zero attached hydrogens (tertiary/aromatic N) is 1. The number of aromatic hydroxyl groups is 1. The van der Waals surface area contributed by atoms with Crippen LogP contribution in [-0.4, -0.2) is 21.8 Å². The maximum atomic E-state index is 9.84. The topological polar surface area (TPSA) is 62.6 Å². The summed E-state index contributed by atoms with van der Waals surface area (Å²) in [7, 11) is 0. The lowest BCUT2D eigenvalue weighted by molar-refractivity contribution is 0.108. The number of phenolic OH excluding ortho intramolecular Hbond substituents is 1. The van der Waals surface area contributed by atoms with Gasteiger partial charge in [0.2, 0.25) is 0 Å². The van der Waals surface area contributed by atoms with E-state index in [1.54, 1.807) is 42.7 Å². The van der Waals surface area contributed by atoms with E-state index in [0.717, 1.165) is 5.56 Å². The van der Waals surface area contributed by atoms with Gasteiger partial charge in [0.05, 0.1) is 0 Å². The first kappa shape index (κ1) is 11.4. The smallest absolute Gasteiger partial charge is 0.123 e. The van der Waals surface area contributed by atoms with Crippen LogP contribution in [0.15, 0.2) is 48.8 Å². The van der Waals surface area contributed by atoms with E-state index < -0.39 is 6.10 Å². The van der Waals surface area contributed by atoms with Gasteiger partial charge in [0.25, 0.3) is 0 Å². The van der Waals surface area contributed by atoms with Crippen molar-refractivity contribution >= 4 is 0 Å². The number of phenols is 1. The quantitative estimate of drug-likeness (QED) is 0.843. The van der Waals surface area contributed by atoms with Gasteiger partial charge >= 0.3 is 0 Å². The van der Waals surface area contributed by atoms with Crippen molar-refractivity contribution in [3.63, 3.8) is 0 Å². The summed E-state index contributed by atoms with van der Waals surface area (Å²) in [6.45, 7) is 0.132. The minimum Gasteiger partial charge on any atom is -0.508 e. The fourth-order valence-corrected chi connectivity index (χ4v) is 1.43. The van der Waals surface area contributed by atoms with Crippen molar-refractivity contribution in [1.29, 1.82) is 0 Å². The fraction of sp³-hybridized carbons (Fsp3) is 0.154. The largest absolute Gasteiger partial charge is 0.508 e. The van der Waals surface area contributed by atoms with E-state index in [9.17, 15) is 10.2 Å². The van der Waals surface area contributed by atoms with E-state index in [2.05, 4.69) is 4.98 Å². The molecule has 0 spiro atoms. The van der Waals surface area contributed by atoms with Crippen molar-refractivity contribution in [3.8, 4) is 11.5 Å². The third kappa shape index (κ3) is 3.19. The second-order valence-corrected chi connectivity index (χ2v) is 3.60. The maximum Gasteiger partial charge on any atom is 0.123 e. The highest BCUT2D eigenvalue weighted by atomic mass is 16.5. The molecule has 1 unspecified atom stereocenters. The lowest BCUT2D eigenvalue weighted by atomic mass is 10.2. The molecule has 0 fully saturated rings. The number of ether oxygens (including phenoxy) is 1. The van der Waals surface area contributed by atoms with Gasteiger partial charge in [-0.15, -0.1) is 0 Å². The summed E-state index contributed by atoms with van der Waals surface area (Å²) in [5.74, 6) is 0.666. The van der Waals surface area contributed by atoms with Crippen LogP contribution in [0, 0.1) is 0 Å². The Balaban J connectivity index is 1.95. The van der Waals surface area contributed by atoms with Crippen molar-refractivity contribution in [3.05, 3.63) is 54.4 Å². The predicted molar refractivity (Wildman–Crippen MR) is 62.8 cm³/mol. The summed E-state index contributed by atoms with van der Waals surface area (Å²) < 4.78 is 5.37. The van der Waals surface area contributed by atoms with Gasteiger partial charge in [-0.1, -0.05) is 6.07 Å². The molecule has 0 radical (unpaired) electrons. The number of hydrogen-bond acceptors (Lipinski definition) is 4. The monoisotopic (exact) mass is 231 g/mol. The Hall–Kier alpha value is -2.07. The van der Waals surface area contributed by atoms with Gasteiger partial charge in [0, 0.05) is 18.5 Å². The van der Waals surface area contributed by atoms with Crippen molar-refractivity contribution < 1.29 is 14.9 Å². The van der Waals surface area contributed by atoms with E-state index in [-0.39, 0.29) is 12.4 Å². The lowest BCUT2D eigenvalue weighted by Crippen LogP contribution is -2.09. The van der Waals surface area contributed by atoms with Crippen molar-refractivity contribution in [1.82, 2.24) is 4.98 Å². The standard InChI is InChI=1S/C13H13NO3/c15-11-2-1-3-12(8-11)17-9-13(16)10-4-6-14-7-5-10/h1-8,13,15-16H,9H2. The van der Waals surface area contributed by atoms with E-state index in [0.29, 0.717) is 5.75 Å². The number of rotatable bonds is 4. The predicted octanol–water partition coefficient (Wildman–Crippen LogP) is 1.90. The zero-order chi connectivity index (χ0) is 12.1. The van der Waals surface area contributed by atoms with Crippen LogP contribution in [-0.2, 0) is 0 Å². The Morgan fingerprint density at radius 1 is 1.18 bits per heavy atom. The number of aliphatic hydroxyl groups excluding tert-OH is 1. The summed E-state index contributed by atoms with van der Waals surface area (Å²) >= 11 is 0. The molecule has 0 aliphatic carbocycles. The van der Waals surface area contributed by atoms with Crippen molar-refractivity contribution in [2.24, 2.45) is 0 Å². The van der Waals surface area contributed by atoms with Crippen LogP contribution in [0.1, 0.15) is 11.7 Å². The van der Waals surface area contributed by atoms with Gasteiger partial charge < -0.3 is 14.9 Å². The normalized spacial score (nSPS) is 12.1. The molecule has 1 atom stereocenters. The number of benzene rings is 1. The first-order valence-electron chi connectivity index (χ1n) is 5.25. The maximum absolute atomic E-state index is 9.84. The zero-order valence-electron chi connectivity index (χ0n) is 9.15. The van der Waals surface area contributed by atoms with Gasteiger partial charge in [-0.3, -0.25) is 4.98 Å². The molecule has 4 nitrogen and oxygen atoms in total. The Morgan fingerprint density at radius 3 is 2.65 bits per heavy atom. The average Bonchev–Trinajstić information content (AvgIpc) is 2.37. The van der Waals surface area contributed by atoms with Crippen LogP contribution in [0.25, 0.3) is 0 Å². The minimum atomic E-state index is -0.708. The Kier molecular flexibility index (Phi) is 3.57. The molecule has 2 aromatic rings. The third-order valence-electron chi connectivity index (χ3n) is 2.32. The lowest BCUT2D eigenvalue weighted by Gasteiger charge is -2.12. The highest BCUT2D eigenvalue weighted by molar-refractivity contribution is 5.31. The fourth-order valence-electron chi connectivity index (χ4n) is 1.43. The third-order valence-corrected chi connectivity index (χ3v) is 2.32. The van der Waals surface area contributed by atoms with E-state index in [1.807, 2.05) is 0 Å². The molecule has 4 heteroatoms. The second-order valence-electron chi connectivity index (χ2n) is 3.60. The molecule has 2 N–H and O–H groups in total. The molecule has 0 saturated carbocycles. The van der Waals surface area contributed by atoms with Crippen LogP contribution in [0.2, 0.25) is 0 Å². The van der Waals surface area contributed by atoms with Crippen LogP contribution in [0.3, 0.4) is 0 Å². The van der Waals surface area contributed by atoms with E-state index >= 15 is 0 Å². The SMILES string of the molecule is Oc1cccc(OCC(O)c2ccncc2)c1. The van der Waals surface area contributed by atoms with Crippen LogP contribution in [0.4, 0.5) is 0 Å². The summed E-state index contributed by atoms with van der Waals surface area (Å²) in [6.07, 6.45) is 2.53. The second kappa shape index (κ2) is 5.32. The van der Waals surface area contributed by atoms with Gasteiger partial charge in [-0.05, 0) is 29.8 Å². The van der Waals surface area contributed by atoms with Crippen LogP contribution in [0.5, 0.6) is 11.5 Å². The Bertz CT molecular complexity index is 473. The molecule has 1 heterocycles. The number of pyridine rings is 1. The summed E-state index contributed by atoms with van der Waals surface area (Å²) in [6, 6.07) is 9.93. The molecule has 0 aliphatic heterocycles. The first-order chi connectivity index (χ1) is 8.25. The number of aromatic nitrogens is 1. The van der Waals surface area contributed by atoms with Gasteiger partial charge in [-0.2, -0.15) is 0 Å². The molecule has 0 saturated heterocycles. The average molecular weight is 231 g/mol. The number of aliphatic hydroxyl groups is 1. The van der Waals surface area contributed by atoms with Gasteiger partial charge in [0.15, 0.2) is 0 Å². The van der Waals surface area contributed by atoms with E-state index in [4.69, 9.17) is 4.74 Å². The molecule has 2 rings (SSSR count). The van der Waals surface area contributed by atoms with Crippen molar-refractivity contribution in [2.75, 3.05) is 6.61 Å². The molecule has 0 bridgehead atoms. The molecule has 1 aromatic carbocycles. The van der Waals surface area contributed by atoms with Crippen molar-refractivity contribution in [2.45, 2.75) is 6.10 Å². The highest BCUT2D eigenvalue weighted by Crippen LogP contribution is 2.19. The van der Waals surface area contributed by atoms with E-state index in [1.165, 1.54) is 6.07 Å². The Labute approximate surface area is 99.1 Å². The molecule has 0 aliphatic rings. The molecule has 0 amide bonds. The van der Waals surface area contributed by atoms with Crippen LogP contribution < -0.4 is 4.74 Å². The Morgan fingerprint density at radius 2 is 1.94 bits per heavy atom. The molecule has 88 valence electrons. The van der Waals surface area contributed by atoms with Gasteiger partial charge in [-0.25, -0.2) is 0 Å². The zero-order valence-corrected chi connectivity index (χ0v) is 9.15. The van der Waals surface area contributed by atoms with Crippen LogP contribution >= 0.6 is 0 Å².